The number of ether oxygens (including phenoxy) is 2. The van der Waals surface area contributed by atoms with Gasteiger partial charge in [0.25, 0.3) is 0 Å². The van der Waals surface area contributed by atoms with E-state index in [1.807, 2.05) is 18.2 Å². The molecule has 22 heavy (non-hydrogen) atoms. The third-order valence-electron chi connectivity index (χ3n) is 3.90. The molecule has 1 N–H and O–H groups in total. The fraction of sp³-hybridized carbons (Fsp3) is 0.278. The molecule has 4 nitrogen and oxygen atoms in total. The Hall–Kier alpha value is -2.49. The fourth-order valence-electron chi connectivity index (χ4n) is 2.85. The van der Waals surface area contributed by atoms with Gasteiger partial charge >= 0.3 is 5.97 Å². The minimum absolute atomic E-state index is 0.260. The second kappa shape index (κ2) is 6.10. The van der Waals surface area contributed by atoms with Crippen LogP contribution in [-0.4, -0.2) is 24.8 Å². The van der Waals surface area contributed by atoms with Crippen molar-refractivity contribution in [2.45, 2.75) is 12.8 Å². The molecule has 0 bridgehead atoms. The number of phenols is 1. The van der Waals surface area contributed by atoms with Gasteiger partial charge in [-0.05, 0) is 54.3 Å². The number of hydrogen-bond acceptors (Lipinski definition) is 4. The summed E-state index contributed by atoms with van der Waals surface area (Å²) in [5.41, 5.74) is 2.68. The Morgan fingerprint density at radius 2 is 2.18 bits per heavy atom. The molecule has 4 heteroatoms. The number of esters is 1. The standard InChI is InChI=1S/C18H18O4/c1-21-18(20)14-4-2-3-12(8-14)7-13-9-15-10-16(19)5-6-17(15)22-11-13/h2-6,8,10,13,19H,7,9,11H2,1H3. The Morgan fingerprint density at radius 3 is 3.00 bits per heavy atom. The van der Waals surface area contributed by atoms with Gasteiger partial charge in [0.1, 0.15) is 11.5 Å². The average Bonchev–Trinajstić information content (AvgIpc) is 2.54. The zero-order chi connectivity index (χ0) is 15.5. The summed E-state index contributed by atoms with van der Waals surface area (Å²) < 4.78 is 10.5. The highest BCUT2D eigenvalue weighted by Crippen LogP contribution is 2.31. The van der Waals surface area contributed by atoms with Crippen molar-refractivity contribution in [1.29, 1.82) is 0 Å². The summed E-state index contributed by atoms with van der Waals surface area (Å²) in [7, 11) is 1.38. The average molecular weight is 298 g/mol. The molecule has 0 aliphatic carbocycles. The highest BCUT2D eigenvalue weighted by molar-refractivity contribution is 5.89. The van der Waals surface area contributed by atoms with Gasteiger partial charge in [0.2, 0.25) is 0 Å². The summed E-state index contributed by atoms with van der Waals surface area (Å²) >= 11 is 0. The Balaban J connectivity index is 1.73. The SMILES string of the molecule is COC(=O)c1cccc(CC2COc3ccc(O)cc3C2)c1. The molecular formula is C18H18O4. The van der Waals surface area contributed by atoms with Gasteiger partial charge in [-0.25, -0.2) is 4.79 Å². The number of carbonyl (C=O) groups excluding carboxylic acids is 1. The van der Waals surface area contributed by atoms with Crippen LogP contribution >= 0.6 is 0 Å². The lowest BCUT2D eigenvalue weighted by Gasteiger charge is -2.25. The minimum Gasteiger partial charge on any atom is -0.508 e. The number of fused-ring (bicyclic) bond motifs is 1. The number of aromatic hydroxyl groups is 1. The maximum atomic E-state index is 11.6. The Kier molecular flexibility index (Phi) is 4.00. The summed E-state index contributed by atoms with van der Waals surface area (Å²) in [6, 6.07) is 12.7. The maximum Gasteiger partial charge on any atom is 0.337 e. The van der Waals surface area contributed by atoms with Gasteiger partial charge in [-0.2, -0.15) is 0 Å². The molecule has 0 amide bonds. The molecule has 1 aliphatic heterocycles. The summed E-state index contributed by atoms with van der Waals surface area (Å²) in [5.74, 6) is 1.10. The third kappa shape index (κ3) is 3.06. The van der Waals surface area contributed by atoms with Crippen LogP contribution in [0.3, 0.4) is 0 Å². The summed E-state index contributed by atoms with van der Waals surface area (Å²) in [5, 5.41) is 9.58. The van der Waals surface area contributed by atoms with Crippen LogP contribution in [0.1, 0.15) is 21.5 Å². The second-order valence-electron chi connectivity index (χ2n) is 5.57. The zero-order valence-electron chi connectivity index (χ0n) is 12.4. The lowest BCUT2D eigenvalue weighted by atomic mass is 9.90. The summed E-state index contributed by atoms with van der Waals surface area (Å²) in [6.07, 6.45) is 1.67. The molecule has 0 saturated heterocycles. The van der Waals surface area contributed by atoms with Crippen LogP contribution in [0, 0.1) is 5.92 Å². The van der Waals surface area contributed by atoms with E-state index in [1.165, 1.54) is 7.11 Å². The Morgan fingerprint density at radius 1 is 1.32 bits per heavy atom. The van der Waals surface area contributed by atoms with Crippen molar-refractivity contribution in [1.82, 2.24) is 0 Å². The Bertz CT molecular complexity index is 693. The van der Waals surface area contributed by atoms with E-state index >= 15 is 0 Å². The number of benzene rings is 2. The second-order valence-corrected chi connectivity index (χ2v) is 5.57. The molecule has 1 heterocycles. The largest absolute Gasteiger partial charge is 0.508 e. The first-order valence-corrected chi connectivity index (χ1v) is 7.27. The molecule has 0 aromatic heterocycles. The van der Waals surface area contributed by atoms with E-state index in [1.54, 1.807) is 24.3 Å². The lowest BCUT2D eigenvalue weighted by molar-refractivity contribution is 0.0600. The molecule has 1 atom stereocenters. The maximum absolute atomic E-state index is 11.6. The minimum atomic E-state index is -0.322. The van der Waals surface area contributed by atoms with Crippen LogP contribution in [0.25, 0.3) is 0 Å². The fourth-order valence-corrected chi connectivity index (χ4v) is 2.85. The molecule has 3 rings (SSSR count). The molecular weight excluding hydrogens is 280 g/mol. The number of carbonyl (C=O) groups is 1. The van der Waals surface area contributed by atoms with Crippen LogP contribution in [-0.2, 0) is 17.6 Å². The Labute approximate surface area is 129 Å². The van der Waals surface area contributed by atoms with Gasteiger partial charge in [0.15, 0.2) is 0 Å². The van der Waals surface area contributed by atoms with Gasteiger partial charge < -0.3 is 14.6 Å². The first-order valence-electron chi connectivity index (χ1n) is 7.27. The van der Waals surface area contributed by atoms with E-state index < -0.39 is 0 Å². The summed E-state index contributed by atoms with van der Waals surface area (Å²) in [6.45, 7) is 0.639. The number of methoxy groups -OCH3 is 1. The quantitative estimate of drug-likeness (QED) is 0.885. The van der Waals surface area contributed by atoms with Crippen molar-refractivity contribution >= 4 is 5.97 Å². The molecule has 0 radical (unpaired) electrons. The van der Waals surface area contributed by atoms with Gasteiger partial charge in [-0.15, -0.1) is 0 Å². The van der Waals surface area contributed by atoms with E-state index in [4.69, 9.17) is 9.47 Å². The zero-order valence-corrected chi connectivity index (χ0v) is 12.4. The van der Waals surface area contributed by atoms with Crippen LogP contribution in [0.5, 0.6) is 11.5 Å². The van der Waals surface area contributed by atoms with E-state index in [0.29, 0.717) is 18.1 Å². The molecule has 0 fully saturated rings. The smallest absolute Gasteiger partial charge is 0.337 e. The molecule has 0 spiro atoms. The molecule has 2 aromatic carbocycles. The van der Waals surface area contributed by atoms with Crippen LogP contribution in [0.4, 0.5) is 0 Å². The van der Waals surface area contributed by atoms with Crippen molar-refractivity contribution in [3.8, 4) is 11.5 Å². The van der Waals surface area contributed by atoms with Gasteiger partial charge in [-0.1, -0.05) is 12.1 Å². The molecule has 114 valence electrons. The predicted molar refractivity (Wildman–Crippen MR) is 82.3 cm³/mol. The number of hydrogen-bond donors (Lipinski definition) is 1. The highest BCUT2D eigenvalue weighted by Gasteiger charge is 2.21. The highest BCUT2D eigenvalue weighted by atomic mass is 16.5. The summed E-state index contributed by atoms with van der Waals surface area (Å²) in [4.78, 5) is 11.6. The monoisotopic (exact) mass is 298 g/mol. The molecule has 2 aromatic rings. The predicted octanol–water partition coefficient (Wildman–Crippen LogP) is 2.97. The van der Waals surface area contributed by atoms with Gasteiger partial charge in [0, 0.05) is 5.92 Å². The van der Waals surface area contributed by atoms with E-state index in [9.17, 15) is 9.90 Å². The van der Waals surface area contributed by atoms with Gasteiger partial charge in [0.05, 0.1) is 19.3 Å². The van der Waals surface area contributed by atoms with E-state index in [-0.39, 0.29) is 11.7 Å². The number of rotatable bonds is 3. The van der Waals surface area contributed by atoms with E-state index in [0.717, 1.165) is 29.7 Å². The van der Waals surface area contributed by atoms with Crippen molar-refractivity contribution in [3.63, 3.8) is 0 Å². The van der Waals surface area contributed by atoms with Gasteiger partial charge in [-0.3, -0.25) is 0 Å². The first-order chi connectivity index (χ1) is 10.7. The van der Waals surface area contributed by atoms with Crippen molar-refractivity contribution in [2.75, 3.05) is 13.7 Å². The molecule has 1 aliphatic rings. The normalized spacial score (nSPS) is 16.5. The lowest BCUT2D eigenvalue weighted by Crippen LogP contribution is -2.22. The van der Waals surface area contributed by atoms with Crippen molar-refractivity contribution in [2.24, 2.45) is 5.92 Å². The van der Waals surface area contributed by atoms with E-state index in [2.05, 4.69) is 0 Å². The van der Waals surface area contributed by atoms with Crippen molar-refractivity contribution < 1.29 is 19.4 Å². The first kappa shape index (κ1) is 14.4. The topological polar surface area (TPSA) is 55.8 Å². The van der Waals surface area contributed by atoms with Crippen LogP contribution < -0.4 is 4.74 Å². The van der Waals surface area contributed by atoms with Crippen LogP contribution in [0.2, 0.25) is 0 Å². The molecule has 1 unspecified atom stereocenters. The number of phenolic OH excluding ortho intramolecular Hbond substituents is 1. The third-order valence-corrected chi connectivity index (χ3v) is 3.90. The molecule has 0 saturated carbocycles. The van der Waals surface area contributed by atoms with Crippen LogP contribution in [0.15, 0.2) is 42.5 Å². The van der Waals surface area contributed by atoms with Crippen molar-refractivity contribution in [3.05, 3.63) is 59.2 Å².